The third-order valence-corrected chi connectivity index (χ3v) is 10.8. The molecule has 1 aromatic heterocycles. The van der Waals surface area contributed by atoms with E-state index in [-0.39, 0.29) is 32.4 Å². The van der Waals surface area contributed by atoms with Gasteiger partial charge in [-0.1, -0.05) is 25.0 Å². The summed E-state index contributed by atoms with van der Waals surface area (Å²) < 4.78 is 51.8. The minimum atomic E-state index is -3.92. The SMILES string of the molecule is CC(C)(C)OC(=O)N[C@H]1CCCCC/C=C\[C@H]2C[C@]2(C(=O)NS(=O)(=O)C2CC2)NC(=O)[C@@H]2C[C@@H](OC(=O)NCc3ccc(F)cn3)CN2C1=O. The molecule has 274 valence electrons. The quantitative estimate of drug-likeness (QED) is 0.303. The van der Waals surface area contributed by atoms with E-state index in [1.165, 1.54) is 17.0 Å². The second-order valence-corrected chi connectivity index (χ2v) is 16.3. The third-order valence-electron chi connectivity index (χ3n) is 9.01. The van der Waals surface area contributed by atoms with E-state index >= 15 is 0 Å². The van der Waals surface area contributed by atoms with Crippen LogP contribution in [0.1, 0.15) is 84.3 Å². The molecule has 2 aliphatic heterocycles. The summed E-state index contributed by atoms with van der Waals surface area (Å²) >= 11 is 0. The average Bonchev–Trinajstić information content (AvgIpc) is 3.95. The van der Waals surface area contributed by atoms with Gasteiger partial charge < -0.3 is 30.3 Å². The molecule has 0 radical (unpaired) electrons. The van der Waals surface area contributed by atoms with E-state index in [1.54, 1.807) is 26.8 Å². The van der Waals surface area contributed by atoms with Crippen molar-refractivity contribution in [1.29, 1.82) is 0 Å². The first-order chi connectivity index (χ1) is 23.6. The molecule has 5 rings (SSSR count). The first-order valence-electron chi connectivity index (χ1n) is 17.0. The van der Waals surface area contributed by atoms with Crippen molar-refractivity contribution in [1.82, 2.24) is 30.6 Å². The number of nitrogens with one attached hydrogen (secondary N) is 4. The second-order valence-electron chi connectivity index (χ2n) is 14.3. The van der Waals surface area contributed by atoms with Crippen molar-refractivity contribution in [3.8, 4) is 0 Å². The van der Waals surface area contributed by atoms with Gasteiger partial charge in [0, 0.05) is 12.3 Å². The number of pyridine rings is 1. The molecule has 3 heterocycles. The summed E-state index contributed by atoms with van der Waals surface area (Å²) in [4.78, 5) is 72.4. The lowest BCUT2D eigenvalue weighted by atomic mass is 10.0. The fraction of sp³-hybridized carbons (Fsp3) is 0.636. The monoisotopic (exact) mass is 720 g/mol. The Morgan fingerprint density at radius 1 is 1.10 bits per heavy atom. The van der Waals surface area contributed by atoms with Gasteiger partial charge in [-0.3, -0.25) is 24.1 Å². The van der Waals surface area contributed by atoms with Gasteiger partial charge in [-0.15, -0.1) is 0 Å². The summed E-state index contributed by atoms with van der Waals surface area (Å²) in [5.74, 6) is -3.20. The highest BCUT2D eigenvalue weighted by Crippen LogP contribution is 2.46. The van der Waals surface area contributed by atoms with Crippen LogP contribution in [0.3, 0.4) is 0 Å². The maximum absolute atomic E-state index is 14.2. The van der Waals surface area contributed by atoms with Gasteiger partial charge in [0.15, 0.2) is 0 Å². The summed E-state index contributed by atoms with van der Waals surface area (Å²) in [5, 5.41) is 7.26. The molecule has 15 nitrogen and oxygen atoms in total. The van der Waals surface area contributed by atoms with Gasteiger partial charge in [-0.2, -0.15) is 0 Å². The molecule has 2 aliphatic carbocycles. The van der Waals surface area contributed by atoms with Gasteiger partial charge in [-0.05, 0) is 71.4 Å². The lowest BCUT2D eigenvalue weighted by Crippen LogP contribution is -2.58. The molecule has 4 aliphatic rings. The molecule has 4 N–H and O–H groups in total. The lowest BCUT2D eigenvalue weighted by molar-refractivity contribution is -0.141. The fourth-order valence-corrected chi connectivity index (χ4v) is 7.53. The van der Waals surface area contributed by atoms with Gasteiger partial charge in [0.2, 0.25) is 21.8 Å². The predicted molar refractivity (Wildman–Crippen MR) is 176 cm³/mol. The van der Waals surface area contributed by atoms with Gasteiger partial charge in [-0.25, -0.2) is 22.4 Å². The number of carbonyl (C=O) groups is 5. The van der Waals surface area contributed by atoms with Crippen molar-refractivity contribution in [2.75, 3.05) is 6.54 Å². The first kappa shape index (κ1) is 37.0. The Balaban J connectivity index is 1.37. The number of nitrogens with zero attached hydrogens (tertiary/aromatic N) is 2. The van der Waals surface area contributed by atoms with Crippen molar-refractivity contribution in [3.63, 3.8) is 0 Å². The highest BCUT2D eigenvalue weighted by Gasteiger charge is 2.62. The summed E-state index contributed by atoms with van der Waals surface area (Å²) in [6.07, 6.45) is 5.91. The van der Waals surface area contributed by atoms with E-state index in [1.807, 2.05) is 6.08 Å². The van der Waals surface area contributed by atoms with Crippen LogP contribution in [-0.4, -0.2) is 89.3 Å². The number of alkyl carbamates (subject to hydrolysis) is 2. The smallest absolute Gasteiger partial charge is 0.408 e. The largest absolute Gasteiger partial charge is 0.444 e. The van der Waals surface area contributed by atoms with Crippen LogP contribution >= 0.6 is 0 Å². The molecule has 3 fully saturated rings. The Morgan fingerprint density at radius 3 is 2.54 bits per heavy atom. The Bertz CT molecular complexity index is 1610. The van der Waals surface area contributed by atoms with Crippen molar-refractivity contribution in [3.05, 3.63) is 42.0 Å². The predicted octanol–water partition coefficient (Wildman–Crippen LogP) is 2.31. The Morgan fingerprint density at radius 2 is 1.86 bits per heavy atom. The Kier molecular flexibility index (Phi) is 11.0. The minimum Gasteiger partial charge on any atom is -0.444 e. The number of fused-ring (bicyclic) bond motifs is 2. The zero-order valence-corrected chi connectivity index (χ0v) is 29.2. The van der Waals surface area contributed by atoms with Gasteiger partial charge in [0.05, 0.1) is 30.2 Å². The standard InChI is InChI=1S/C33H45FN6O9S/c1-32(2,3)49-31(45)37-25-10-8-6-4-5-7-9-20-16-33(20,29(43)39-50(46,47)24-13-14-24)38-27(41)26-15-23(19-40(26)28(25)42)48-30(44)36-18-22-12-11-21(34)17-35-22/h7,9,11-12,17,20,23-26H,4-6,8,10,13-16,18-19H2,1-3H3,(H,36,44)(H,37,45)(H,38,41)(H,39,43)/b9-7-/t20-,23+,25-,26-,33-/m0/s1. The molecular formula is C33H45FN6O9S. The maximum atomic E-state index is 14.2. The Hall–Kier alpha value is -4.28. The molecule has 0 spiro atoms. The second kappa shape index (κ2) is 14.9. The topological polar surface area (TPSA) is 202 Å². The van der Waals surface area contributed by atoms with E-state index in [0.717, 1.165) is 19.0 Å². The molecule has 0 aromatic carbocycles. The molecular weight excluding hydrogens is 675 g/mol. The molecule has 5 amide bonds. The lowest BCUT2D eigenvalue weighted by Gasteiger charge is -2.30. The highest BCUT2D eigenvalue weighted by atomic mass is 32.2. The van der Waals surface area contributed by atoms with Crippen molar-refractivity contribution >= 4 is 39.9 Å². The number of carbonyl (C=O) groups excluding carboxylic acids is 5. The Labute approximate surface area is 290 Å². The molecule has 50 heavy (non-hydrogen) atoms. The van der Waals surface area contributed by atoms with Crippen molar-refractivity contribution in [2.45, 2.75) is 120 Å². The summed E-state index contributed by atoms with van der Waals surface area (Å²) in [5.41, 5.74) is -2.03. The number of hydrogen-bond acceptors (Lipinski definition) is 10. The number of amides is 5. The van der Waals surface area contributed by atoms with E-state index in [9.17, 15) is 36.8 Å². The van der Waals surface area contributed by atoms with Crippen LogP contribution in [0.25, 0.3) is 0 Å². The number of sulfonamides is 1. The first-order valence-corrected chi connectivity index (χ1v) is 18.5. The molecule has 17 heteroatoms. The molecule has 0 bridgehead atoms. The van der Waals surface area contributed by atoms with E-state index in [2.05, 4.69) is 25.7 Å². The van der Waals surface area contributed by atoms with Crippen LogP contribution in [-0.2, 0) is 40.4 Å². The number of allylic oxidation sites excluding steroid dienone is 1. The van der Waals surface area contributed by atoms with Crippen LogP contribution in [0, 0.1) is 11.7 Å². The van der Waals surface area contributed by atoms with E-state index in [4.69, 9.17) is 9.47 Å². The van der Waals surface area contributed by atoms with Crippen LogP contribution in [0.2, 0.25) is 0 Å². The van der Waals surface area contributed by atoms with Crippen molar-refractivity contribution < 1.29 is 46.3 Å². The van der Waals surface area contributed by atoms with Crippen LogP contribution in [0.15, 0.2) is 30.5 Å². The highest BCUT2D eigenvalue weighted by molar-refractivity contribution is 7.91. The van der Waals surface area contributed by atoms with Crippen LogP contribution in [0.5, 0.6) is 0 Å². The molecule has 1 saturated heterocycles. The number of hydrogen-bond donors (Lipinski definition) is 4. The number of aromatic nitrogens is 1. The molecule has 2 saturated carbocycles. The third kappa shape index (κ3) is 9.48. The maximum Gasteiger partial charge on any atom is 0.408 e. The average molecular weight is 721 g/mol. The normalized spacial score (nSPS) is 28.0. The number of halogens is 1. The molecule has 5 atom stereocenters. The summed E-state index contributed by atoms with van der Waals surface area (Å²) in [6, 6.07) is 0.276. The van der Waals surface area contributed by atoms with Gasteiger partial charge in [0.1, 0.15) is 35.1 Å². The fourth-order valence-electron chi connectivity index (χ4n) is 6.16. The molecule has 1 aromatic rings. The van der Waals surface area contributed by atoms with Crippen molar-refractivity contribution in [2.24, 2.45) is 5.92 Å². The van der Waals surface area contributed by atoms with E-state index < -0.39 is 86.2 Å². The molecule has 0 unspecified atom stereocenters. The summed E-state index contributed by atoms with van der Waals surface area (Å²) in [6.45, 7) is 4.78. The van der Waals surface area contributed by atoms with E-state index in [0.29, 0.717) is 31.4 Å². The number of rotatable bonds is 7. The van der Waals surface area contributed by atoms with Crippen LogP contribution in [0.4, 0.5) is 14.0 Å². The van der Waals surface area contributed by atoms with Crippen LogP contribution < -0.4 is 20.7 Å². The zero-order valence-electron chi connectivity index (χ0n) is 28.4. The van der Waals surface area contributed by atoms with Gasteiger partial charge in [0.25, 0.3) is 5.91 Å². The van der Waals surface area contributed by atoms with Gasteiger partial charge >= 0.3 is 12.2 Å². The number of ether oxygens (including phenoxy) is 2. The minimum absolute atomic E-state index is 0.0728. The zero-order chi connectivity index (χ0) is 36.3. The summed E-state index contributed by atoms with van der Waals surface area (Å²) in [7, 11) is -3.92.